The second-order valence-corrected chi connectivity index (χ2v) is 5.15. The van der Waals surface area contributed by atoms with Crippen LogP contribution in [0, 0.1) is 0 Å². The molecule has 0 saturated carbocycles. The highest BCUT2D eigenvalue weighted by Gasteiger charge is 2.31. The molecule has 0 amide bonds. The minimum Gasteiger partial charge on any atom is -0.314 e. The quantitative estimate of drug-likeness (QED) is 0.894. The largest absolute Gasteiger partial charge is 0.416 e. The number of tetrazole rings is 1. The summed E-state index contributed by atoms with van der Waals surface area (Å²) in [7, 11) is 0. The van der Waals surface area contributed by atoms with E-state index in [1.54, 1.807) is 0 Å². The molecule has 1 aromatic heterocycles. The standard InChI is InChI=1S/C13H15F3N6/c14-13(15,16)10-2-1-9(8-22-5-3-17-4-6-22)11(7-10)12-18-20-21-19-12/h1-2,7,17H,3-6,8H2,(H,18,19,20,21). The number of nitrogens with one attached hydrogen (secondary N) is 2. The van der Waals surface area contributed by atoms with Gasteiger partial charge in [0.2, 0.25) is 0 Å². The Hall–Kier alpha value is -2.00. The smallest absolute Gasteiger partial charge is 0.314 e. The predicted octanol–water partition coefficient (Wildman–Crippen LogP) is 1.29. The second-order valence-electron chi connectivity index (χ2n) is 5.15. The molecular weight excluding hydrogens is 297 g/mol. The fourth-order valence-electron chi connectivity index (χ4n) is 2.49. The lowest BCUT2D eigenvalue weighted by Gasteiger charge is -2.28. The van der Waals surface area contributed by atoms with Crippen molar-refractivity contribution in [2.24, 2.45) is 0 Å². The van der Waals surface area contributed by atoms with E-state index < -0.39 is 11.7 Å². The predicted molar refractivity (Wildman–Crippen MR) is 72.8 cm³/mol. The van der Waals surface area contributed by atoms with Crippen molar-refractivity contribution in [3.8, 4) is 11.4 Å². The van der Waals surface area contributed by atoms with E-state index in [0.29, 0.717) is 12.1 Å². The Morgan fingerprint density at radius 3 is 2.59 bits per heavy atom. The first-order valence-electron chi connectivity index (χ1n) is 6.91. The molecule has 2 heterocycles. The molecule has 6 nitrogen and oxygen atoms in total. The number of halogens is 3. The van der Waals surface area contributed by atoms with Crippen LogP contribution < -0.4 is 5.32 Å². The molecular formula is C13H15F3N6. The van der Waals surface area contributed by atoms with E-state index in [4.69, 9.17) is 0 Å². The first-order chi connectivity index (χ1) is 10.5. The van der Waals surface area contributed by atoms with Crippen molar-refractivity contribution in [3.63, 3.8) is 0 Å². The molecule has 1 aliphatic rings. The molecule has 1 saturated heterocycles. The Balaban J connectivity index is 1.94. The van der Waals surface area contributed by atoms with Crippen molar-refractivity contribution in [1.29, 1.82) is 0 Å². The highest BCUT2D eigenvalue weighted by atomic mass is 19.4. The number of piperazine rings is 1. The van der Waals surface area contributed by atoms with Gasteiger partial charge in [0.25, 0.3) is 0 Å². The first kappa shape index (κ1) is 14.9. The number of rotatable bonds is 3. The molecule has 0 bridgehead atoms. The van der Waals surface area contributed by atoms with Crippen molar-refractivity contribution in [2.45, 2.75) is 12.7 Å². The van der Waals surface area contributed by atoms with Gasteiger partial charge in [-0.05, 0) is 28.1 Å². The minimum atomic E-state index is -4.39. The van der Waals surface area contributed by atoms with Crippen LogP contribution in [-0.2, 0) is 12.7 Å². The van der Waals surface area contributed by atoms with Gasteiger partial charge in [0, 0.05) is 38.3 Å². The number of hydrogen-bond acceptors (Lipinski definition) is 5. The molecule has 0 radical (unpaired) electrons. The average Bonchev–Trinajstić information content (AvgIpc) is 3.01. The zero-order valence-corrected chi connectivity index (χ0v) is 11.7. The fraction of sp³-hybridized carbons (Fsp3) is 0.462. The fourth-order valence-corrected chi connectivity index (χ4v) is 2.49. The number of aromatic amines is 1. The summed E-state index contributed by atoms with van der Waals surface area (Å²) in [6, 6.07) is 3.70. The van der Waals surface area contributed by atoms with Crippen LogP contribution in [0.1, 0.15) is 11.1 Å². The summed E-state index contributed by atoms with van der Waals surface area (Å²) in [6.45, 7) is 4.03. The lowest BCUT2D eigenvalue weighted by atomic mass is 10.0. The summed E-state index contributed by atoms with van der Waals surface area (Å²) in [4.78, 5) is 2.19. The maximum Gasteiger partial charge on any atom is 0.416 e. The molecule has 0 spiro atoms. The van der Waals surface area contributed by atoms with E-state index in [1.807, 2.05) is 0 Å². The number of alkyl halides is 3. The van der Waals surface area contributed by atoms with E-state index in [2.05, 4.69) is 30.8 Å². The van der Waals surface area contributed by atoms with Crippen LogP contribution in [0.4, 0.5) is 13.2 Å². The van der Waals surface area contributed by atoms with Crippen LogP contribution in [0.15, 0.2) is 18.2 Å². The lowest BCUT2D eigenvalue weighted by molar-refractivity contribution is -0.137. The normalized spacial score (nSPS) is 16.9. The third kappa shape index (κ3) is 3.25. The first-order valence-corrected chi connectivity index (χ1v) is 6.91. The number of nitrogens with zero attached hydrogens (tertiary/aromatic N) is 4. The van der Waals surface area contributed by atoms with Crippen LogP contribution in [0.2, 0.25) is 0 Å². The van der Waals surface area contributed by atoms with Gasteiger partial charge >= 0.3 is 6.18 Å². The SMILES string of the molecule is FC(F)(F)c1ccc(CN2CCNCC2)c(-c2nnn[nH]2)c1. The Labute approximate surface area is 124 Å². The van der Waals surface area contributed by atoms with E-state index in [1.165, 1.54) is 6.07 Å². The van der Waals surface area contributed by atoms with Crippen LogP contribution in [0.25, 0.3) is 11.4 Å². The third-order valence-corrected chi connectivity index (χ3v) is 3.64. The highest BCUT2D eigenvalue weighted by molar-refractivity contribution is 5.61. The third-order valence-electron chi connectivity index (χ3n) is 3.64. The van der Waals surface area contributed by atoms with Gasteiger partial charge in [-0.2, -0.15) is 13.2 Å². The van der Waals surface area contributed by atoms with Gasteiger partial charge in [-0.25, -0.2) is 5.10 Å². The molecule has 0 aliphatic carbocycles. The molecule has 9 heteroatoms. The van der Waals surface area contributed by atoms with Gasteiger partial charge in [-0.15, -0.1) is 5.10 Å². The van der Waals surface area contributed by atoms with Crippen molar-refractivity contribution < 1.29 is 13.2 Å². The molecule has 1 aromatic carbocycles. The Bertz CT molecular complexity index is 619. The summed E-state index contributed by atoms with van der Waals surface area (Å²) in [5, 5.41) is 16.4. The van der Waals surface area contributed by atoms with Crippen LogP contribution in [0.3, 0.4) is 0 Å². The molecule has 2 N–H and O–H groups in total. The Kier molecular flexibility index (Phi) is 4.08. The molecule has 2 aromatic rings. The molecule has 3 rings (SSSR count). The number of hydrogen-bond donors (Lipinski definition) is 2. The average molecular weight is 312 g/mol. The number of aromatic nitrogens is 4. The number of benzene rings is 1. The topological polar surface area (TPSA) is 69.7 Å². The second kappa shape index (κ2) is 6.01. The van der Waals surface area contributed by atoms with E-state index in [9.17, 15) is 13.2 Å². The van der Waals surface area contributed by atoms with Gasteiger partial charge in [-0.1, -0.05) is 6.07 Å². The monoisotopic (exact) mass is 312 g/mol. The summed E-state index contributed by atoms with van der Waals surface area (Å²) < 4.78 is 38.8. The summed E-state index contributed by atoms with van der Waals surface area (Å²) in [5.41, 5.74) is 0.453. The Morgan fingerprint density at radius 2 is 1.95 bits per heavy atom. The zero-order chi connectivity index (χ0) is 15.6. The van der Waals surface area contributed by atoms with E-state index in [0.717, 1.165) is 43.9 Å². The Morgan fingerprint density at radius 1 is 1.18 bits per heavy atom. The molecule has 1 aliphatic heterocycles. The van der Waals surface area contributed by atoms with E-state index >= 15 is 0 Å². The van der Waals surface area contributed by atoms with Gasteiger partial charge in [-0.3, -0.25) is 4.90 Å². The molecule has 0 atom stereocenters. The molecule has 0 unspecified atom stereocenters. The van der Waals surface area contributed by atoms with Crippen LogP contribution in [0.5, 0.6) is 0 Å². The van der Waals surface area contributed by atoms with Crippen molar-refractivity contribution in [2.75, 3.05) is 26.2 Å². The van der Waals surface area contributed by atoms with E-state index in [-0.39, 0.29) is 5.82 Å². The maximum absolute atomic E-state index is 12.9. The summed E-state index contributed by atoms with van der Waals surface area (Å²) in [5.74, 6) is 0.247. The maximum atomic E-state index is 12.9. The number of H-pyrrole nitrogens is 1. The van der Waals surface area contributed by atoms with Gasteiger partial charge in [0.05, 0.1) is 5.56 Å². The van der Waals surface area contributed by atoms with Gasteiger partial charge in [0.1, 0.15) is 0 Å². The van der Waals surface area contributed by atoms with Gasteiger partial charge in [0.15, 0.2) is 5.82 Å². The lowest BCUT2D eigenvalue weighted by Crippen LogP contribution is -2.42. The molecule has 1 fully saturated rings. The highest BCUT2D eigenvalue weighted by Crippen LogP contribution is 2.33. The van der Waals surface area contributed by atoms with Crippen molar-refractivity contribution in [3.05, 3.63) is 29.3 Å². The van der Waals surface area contributed by atoms with Crippen LogP contribution >= 0.6 is 0 Å². The van der Waals surface area contributed by atoms with Crippen molar-refractivity contribution >= 4 is 0 Å². The minimum absolute atomic E-state index is 0.247. The van der Waals surface area contributed by atoms with Crippen LogP contribution in [-0.4, -0.2) is 51.7 Å². The summed E-state index contributed by atoms with van der Waals surface area (Å²) in [6.07, 6.45) is -4.39. The summed E-state index contributed by atoms with van der Waals surface area (Å²) >= 11 is 0. The van der Waals surface area contributed by atoms with Gasteiger partial charge < -0.3 is 5.32 Å². The van der Waals surface area contributed by atoms with Crippen molar-refractivity contribution in [1.82, 2.24) is 30.8 Å². The molecule has 118 valence electrons. The molecule has 22 heavy (non-hydrogen) atoms. The zero-order valence-electron chi connectivity index (χ0n) is 11.7.